The van der Waals surface area contributed by atoms with Gasteiger partial charge in [0, 0.05) is 38.4 Å². The molecule has 0 unspecified atom stereocenters. The lowest BCUT2D eigenvalue weighted by Crippen LogP contribution is -2.20. The SMILES string of the molecule is CC(=O)Oc1ccc(C(=O)Nc2cnn(CC3CCOCC3)c2)cc1. The summed E-state index contributed by atoms with van der Waals surface area (Å²) in [5, 5.41) is 7.13. The van der Waals surface area contributed by atoms with Crippen LogP contribution < -0.4 is 10.1 Å². The Hall–Kier alpha value is -2.67. The number of nitrogens with zero attached hydrogens (tertiary/aromatic N) is 2. The van der Waals surface area contributed by atoms with Gasteiger partial charge in [0.05, 0.1) is 11.9 Å². The molecule has 7 heteroatoms. The van der Waals surface area contributed by atoms with Crippen molar-refractivity contribution in [1.82, 2.24) is 9.78 Å². The van der Waals surface area contributed by atoms with E-state index in [0.29, 0.717) is 22.9 Å². The summed E-state index contributed by atoms with van der Waals surface area (Å²) in [6, 6.07) is 6.40. The van der Waals surface area contributed by atoms with E-state index in [-0.39, 0.29) is 5.91 Å². The van der Waals surface area contributed by atoms with Crippen molar-refractivity contribution in [1.29, 1.82) is 0 Å². The highest BCUT2D eigenvalue weighted by atomic mass is 16.5. The normalized spacial score (nSPS) is 14.9. The second-order valence-electron chi connectivity index (χ2n) is 6.08. The molecule has 1 amide bonds. The number of hydrogen-bond donors (Lipinski definition) is 1. The lowest BCUT2D eigenvalue weighted by atomic mass is 10.0. The number of hydrogen-bond acceptors (Lipinski definition) is 5. The zero-order valence-electron chi connectivity index (χ0n) is 14.1. The highest BCUT2D eigenvalue weighted by Crippen LogP contribution is 2.18. The van der Waals surface area contributed by atoms with Crippen molar-refractivity contribution in [3.8, 4) is 5.75 Å². The van der Waals surface area contributed by atoms with Crippen LogP contribution in [-0.4, -0.2) is 34.9 Å². The number of anilines is 1. The number of amides is 1. The van der Waals surface area contributed by atoms with E-state index in [1.165, 1.54) is 6.92 Å². The molecular weight excluding hydrogens is 322 g/mol. The molecule has 1 aliphatic rings. The fourth-order valence-electron chi connectivity index (χ4n) is 2.77. The Kier molecular flexibility index (Phi) is 5.45. The van der Waals surface area contributed by atoms with Gasteiger partial charge in [0.15, 0.2) is 0 Å². The van der Waals surface area contributed by atoms with Gasteiger partial charge in [-0.25, -0.2) is 0 Å². The molecule has 0 radical (unpaired) electrons. The van der Waals surface area contributed by atoms with Crippen molar-refractivity contribution in [3.05, 3.63) is 42.2 Å². The Balaban J connectivity index is 1.56. The maximum absolute atomic E-state index is 12.3. The molecule has 2 aromatic rings. The summed E-state index contributed by atoms with van der Waals surface area (Å²) in [4.78, 5) is 23.2. The second kappa shape index (κ2) is 7.94. The third kappa shape index (κ3) is 4.90. The van der Waals surface area contributed by atoms with E-state index in [1.807, 2.05) is 10.9 Å². The molecule has 1 aromatic heterocycles. The van der Waals surface area contributed by atoms with Gasteiger partial charge in [0.1, 0.15) is 5.75 Å². The highest BCUT2D eigenvalue weighted by molar-refractivity contribution is 6.04. The molecule has 132 valence electrons. The fraction of sp³-hybridized carbons (Fsp3) is 0.389. The second-order valence-corrected chi connectivity index (χ2v) is 6.08. The van der Waals surface area contributed by atoms with Gasteiger partial charge in [0.25, 0.3) is 5.91 Å². The van der Waals surface area contributed by atoms with Crippen molar-refractivity contribution in [3.63, 3.8) is 0 Å². The van der Waals surface area contributed by atoms with Crippen LogP contribution in [0.4, 0.5) is 5.69 Å². The summed E-state index contributed by atoms with van der Waals surface area (Å²) in [5.74, 6) is 0.341. The summed E-state index contributed by atoms with van der Waals surface area (Å²) >= 11 is 0. The van der Waals surface area contributed by atoms with Gasteiger partial charge in [-0.15, -0.1) is 0 Å². The molecule has 0 atom stereocenters. The van der Waals surface area contributed by atoms with Crippen LogP contribution in [0.25, 0.3) is 0 Å². The van der Waals surface area contributed by atoms with E-state index >= 15 is 0 Å². The largest absolute Gasteiger partial charge is 0.427 e. The van der Waals surface area contributed by atoms with E-state index in [1.54, 1.807) is 30.5 Å². The smallest absolute Gasteiger partial charge is 0.308 e. The van der Waals surface area contributed by atoms with Crippen LogP contribution in [-0.2, 0) is 16.1 Å². The third-order valence-electron chi connectivity index (χ3n) is 4.06. The Morgan fingerprint density at radius 3 is 2.68 bits per heavy atom. The predicted octanol–water partition coefficient (Wildman–Crippen LogP) is 2.49. The van der Waals surface area contributed by atoms with Gasteiger partial charge in [-0.2, -0.15) is 5.10 Å². The molecule has 0 saturated carbocycles. The number of rotatable bonds is 5. The number of carbonyl (C=O) groups is 2. The molecule has 1 aromatic carbocycles. The zero-order valence-corrected chi connectivity index (χ0v) is 14.1. The van der Waals surface area contributed by atoms with Crippen LogP contribution in [0.15, 0.2) is 36.7 Å². The molecule has 25 heavy (non-hydrogen) atoms. The van der Waals surface area contributed by atoms with Gasteiger partial charge < -0.3 is 14.8 Å². The maximum Gasteiger partial charge on any atom is 0.308 e. The molecule has 0 spiro atoms. The van der Waals surface area contributed by atoms with Crippen molar-refractivity contribution in [2.24, 2.45) is 5.92 Å². The van der Waals surface area contributed by atoms with Crippen LogP contribution in [0.3, 0.4) is 0 Å². The Morgan fingerprint density at radius 2 is 2.00 bits per heavy atom. The number of carbonyl (C=O) groups excluding carboxylic acids is 2. The van der Waals surface area contributed by atoms with Crippen LogP contribution in [0, 0.1) is 5.92 Å². The quantitative estimate of drug-likeness (QED) is 0.666. The summed E-state index contributed by atoms with van der Waals surface area (Å²) in [6.45, 7) is 3.77. The molecular formula is C18H21N3O4. The van der Waals surface area contributed by atoms with E-state index in [4.69, 9.17) is 9.47 Å². The van der Waals surface area contributed by atoms with E-state index < -0.39 is 5.97 Å². The summed E-state index contributed by atoms with van der Waals surface area (Å²) in [6.07, 6.45) is 5.55. The van der Waals surface area contributed by atoms with E-state index in [9.17, 15) is 9.59 Å². The van der Waals surface area contributed by atoms with Crippen molar-refractivity contribution in [2.75, 3.05) is 18.5 Å². The minimum absolute atomic E-state index is 0.236. The first kappa shape index (κ1) is 17.2. The average Bonchev–Trinajstić information content (AvgIpc) is 3.02. The molecule has 1 aliphatic heterocycles. The van der Waals surface area contributed by atoms with Gasteiger partial charge in [0.2, 0.25) is 0 Å². The van der Waals surface area contributed by atoms with Crippen molar-refractivity contribution < 1.29 is 19.1 Å². The van der Waals surface area contributed by atoms with Gasteiger partial charge >= 0.3 is 5.97 Å². The fourth-order valence-corrected chi connectivity index (χ4v) is 2.77. The maximum atomic E-state index is 12.3. The number of nitrogens with one attached hydrogen (secondary N) is 1. The first-order valence-electron chi connectivity index (χ1n) is 8.30. The third-order valence-corrected chi connectivity index (χ3v) is 4.06. The molecule has 7 nitrogen and oxygen atoms in total. The highest BCUT2D eigenvalue weighted by Gasteiger charge is 2.15. The van der Waals surface area contributed by atoms with Crippen LogP contribution in [0.5, 0.6) is 5.75 Å². The zero-order chi connectivity index (χ0) is 17.6. The minimum atomic E-state index is -0.394. The number of esters is 1. The van der Waals surface area contributed by atoms with E-state index in [2.05, 4.69) is 10.4 Å². The van der Waals surface area contributed by atoms with Crippen molar-refractivity contribution in [2.45, 2.75) is 26.3 Å². The molecule has 3 rings (SSSR count). The first-order chi connectivity index (χ1) is 12.1. The molecule has 2 heterocycles. The van der Waals surface area contributed by atoms with Crippen LogP contribution in [0.1, 0.15) is 30.1 Å². The van der Waals surface area contributed by atoms with Crippen LogP contribution >= 0.6 is 0 Å². The van der Waals surface area contributed by atoms with Gasteiger partial charge in [-0.1, -0.05) is 0 Å². The topological polar surface area (TPSA) is 82.5 Å². The standard InChI is InChI=1S/C18H21N3O4/c1-13(22)25-17-4-2-15(3-5-17)18(23)20-16-10-19-21(12-16)11-14-6-8-24-9-7-14/h2-5,10,12,14H,6-9,11H2,1H3,(H,20,23). The molecule has 1 N–H and O–H groups in total. The lowest BCUT2D eigenvalue weighted by molar-refractivity contribution is -0.131. The predicted molar refractivity (Wildman–Crippen MR) is 91.5 cm³/mol. The Morgan fingerprint density at radius 1 is 1.28 bits per heavy atom. The summed E-state index contributed by atoms with van der Waals surface area (Å²) in [5.41, 5.74) is 1.13. The van der Waals surface area contributed by atoms with E-state index in [0.717, 1.165) is 32.6 Å². The Labute approximate surface area is 145 Å². The van der Waals surface area contributed by atoms with Crippen LogP contribution in [0.2, 0.25) is 0 Å². The molecule has 1 fully saturated rings. The number of ether oxygens (including phenoxy) is 2. The monoisotopic (exact) mass is 343 g/mol. The summed E-state index contributed by atoms with van der Waals surface area (Å²) < 4.78 is 12.2. The molecule has 1 saturated heterocycles. The number of benzene rings is 1. The van der Waals surface area contributed by atoms with Gasteiger partial charge in [-0.05, 0) is 43.0 Å². The van der Waals surface area contributed by atoms with Crippen molar-refractivity contribution >= 4 is 17.6 Å². The molecule has 0 bridgehead atoms. The minimum Gasteiger partial charge on any atom is -0.427 e. The lowest BCUT2D eigenvalue weighted by Gasteiger charge is -2.21. The Bertz CT molecular complexity index is 733. The van der Waals surface area contributed by atoms with Gasteiger partial charge in [-0.3, -0.25) is 14.3 Å². The average molecular weight is 343 g/mol. The summed E-state index contributed by atoms with van der Waals surface area (Å²) in [7, 11) is 0. The first-order valence-corrected chi connectivity index (χ1v) is 8.30. The number of aromatic nitrogens is 2. The molecule has 0 aliphatic carbocycles.